The second kappa shape index (κ2) is 14.2. The van der Waals surface area contributed by atoms with Crippen molar-refractivity contribution in [2.24, 2.45) is 0 Å². The van der Waals surface area contributed by atoms with Gasteiger partial charge in [-0.25, -0.2) is 9.97 Å². The molecular formula is C58H34N2O2S. The lowest BCUT2D eigenvalue weighted by molar-refractivity contribution is 0.668. The van der Waals surface area contributed by atoms with Crippen molar-refractivity contribution in [3.63, 3.8) is 0 Å². The maximum atomic E-state index is 6.25. The topological polar surface area (TPSA) is 52.1 Å². The third kappa shape index (κ3) is 6.12. The summed E-state index contributed by atoms with van der Waals surface area (Å²) >= 11 is 1.84. The minimum Gasteiger partial charge on any atom is -0.456 e. The Kier molecular flexibility index (Phi) is 8.05. The van der Waals surface area contributed by atoms with E-state index in [2.05, 4.69) is 164 Å². The molecule has 4 heterocycles. The molecule has 0 spiro atoms. The largest absolute Gasteiger partial charge is 0.456 e. The molecule has 0 aliphatic heterocycles. The fraction of sp³-hybridized carbons (Fsp3) is 0. The van der Waals surface area contributed by atoms with Gasteiger partial charge >= 0.3 is 0 Å². The van der Waals surface area contributed by atoms with E-state index in [1.807, 2.05) is 53.8 Å². The van der Waals surface area contributed by atoms with Gasteiger partial charge in [0.1, 0.15) is 22.3 Å². The highest BCUT2D eigenvalue weighted by molar-refractivity contribution is 7.25. The summed E-state index contributed by atoms with van der Waals surface area (Å²) in [6.45, 7) is 0. The molecule has 4 nitrogen and oxygen atoms in total. The molecule has 0 N–H and O–H groups in total. The van der Waals surface area contributed by atoms with Crippen LogP contribution in [0.5, 0.6) is 0 Å². The monoisotopic (exact) mass is 822 g/mol. The van der Waals surface area contributed by atoms with Crippen LogP contribution in [-0.4, -0.2) is 9.97 Å². The molecule has 0 aliphatic rings. The van der Waals surface area contributed by atoms with Crippen LogP contribution < -0.4 is 0 Å². The predicted molar refractivity (Wildman–Crippen MR) is 262 cm³/mol. The molecule has 0 atom stereocenters. The molecule has 4 aromatic heterocycles. The number of para-hydroxylation sites is 2. The Morgan fingerprint density at radius 3 is 1.43 bits per heavy atom. The van der Waals surface area contributed by atoms with Gasteiger partial charge in [0.2, 0.25) is 0 Å². The van der Waals surface area contributed by atoms with E-state index in [9.17, 15) is 0 Å². The molecule has 0 amide bonds. The maximum absolute atomic E-state index is 6.25. The summed E-state index contributed by atoms with van der Waals surface area (Å²) in [6.07, 6.45) is 0. The van der Waals surface area contributed by atoms with Gasteiger partial charge in [-0.2, -0.15) is 0 Å². The molecule has 13 rings (SSSR count). The number of rotatable bonds is 6. The molecule has 0 fully saturated rings. The minimum absolute atomic E-state index is 0.671. The average molecular weight is 823 g/mol. The van der Waals surface area contributed by atoms with Gasteiger partial charge in [-0.15, -0.1) is 11.3 Å². The Balaban J connectivity index is 1.00. The number of fused-ring (bicyclic) bond motifs is 9. The summed E-state index contributed by atoms with van der Waals surface area (Å²) in [6, 6.07) is 72.9. The molecule has 5 heteroatoms. The van der Waals surface area contributed by atoms with E-state index < -0.39 is 0 Å². The number of hydrogen-bond acceptors (Lipinski definition) is 5. The van der Waals surface area contributed by atoms with E-state index in [0.717, 1.165) is 99.8 Å². The summed E-state index contributed by atoms with van der Waals surface area (Å²) in [7, 11) is 0. The van der Waals surface area contributed by atoms with E-state index >= 15 is 0 Å². The van der Waals surface area contributed by atoms with Gasteiger partial charge in [0.05, 0.1) is 11.4 Å². The highest BCUT2D eigenvalue weighted by Gasteiger charge is 2.17. The summed E-state index contributed by atoms with van der Waals surface area (Å²) in [5, 5.41) is 6.95. The number of hydrogen-bond donors (Lipinski definition) is 0. The van der Waals surface area contributed by atoms with Gasteiger partial charge in [0, 0.05) is 58.4 Å². The molecule has 294 valence electrons. The van der Waals surface area contributed by atoms with Crippen LogP contribution in [0.4, 0.5) is 0 Å². The van der Waals surface area contributed by atoms with Crippen LogP contribution in [0.3, 0.4) is 0 Å². The van der Waals surface area contributed by atoms with E-state index in [4.69, 9.17) is 18.8 Å². The number of thiophene rings is 1. The van der Waals surface area contributed by atoms with Gasteiger partial charge in [-0.1, -0.05) is 121 Å². The zero-order valence-electron chi connectivity index (χ0n) is 33.7. The Labute approximate surface area is 366 Å². The fourth-order valence-corrected chi connectivity index (χ4v) is 10.2. The van der Waals surface area contributed by atoms with E-state index in [1.54, 1.807) is 0 Å². The average Bonchev–Trinajstić information content (AvgIpc) is 4.04. The quantitative estimate of drug-likeness (QED) is 0.168. The number of furan rings is 2. The normalized spacial score (nSPS) is 11.8. The molecule has 13 aromatic rings. The van der Waals surface area contributed by atoms with Crippen molar-refractivity contribution in [3.05, 3.63) is 206 Å². The van der Waals surface area contributed by atoms with Crippen LogP contribution in [0.25, 0.3) is 131 Å². The lowest BCUT2D eigenvalue weighted by Crippen LogP contribution is -1.97. The molecule has 0 saturated carbocycles. The number of aromatic nitrogens is 2. The third-order valence-corrected chi connectivity index (χ3v) is 13.4. The first-order chi connectivity index (χ1) is 31.1. The van der Waals surface area contributed by atoms with Crippen molar-refractivity contribution >= 4 is 75.4 Å². The van der Waals surface area contributed by atoms with Gasteiger partial charge < -0.3 is 8.83 Å². The minimum atomic E-state index is 0.671. The first kappa shape index (κ1) is 35.6. The summed E-state index contributed by atoms with van der Waals surface area (Å²) in [5.74, 6) is 0.671. The Hall–Kier alpha value is -8.12. The van der Waals surface area contributed by atoms with Crippen molar-refractivity contribution < 1.29 is 8.83 Å². The Bertz CT molecular complexity index is 3800. The van der Waals surface area contributed by atoms with E-state index in [0.29, 0.717) is 5.82 Å². The van der Waals surface area contributed by atoms with E-state index in [-0.39, 0.29) is 0 Å². The van der Waals surface area contributed by atoms with Crippen LogP contribution in [0.15, 0.2) is 215 Å². The van der Waals surface area contributed by atoms with Crippen LogP contribution in [0.1, 0.15) is 0 Å². The second-order valence-corrected chi connectivity index (χ2v) is 17.2. The second-order valence-electron chi connectivity index (χ2n) is 16.1. The molecule has 9 aromatic carbocycles. The molecular weight excluding hydrogens is 789 g/mol. The summed E-state index contributed by atoms with van der Waals surface area (Å²) in [4.78, 5) is 10.6. The Morgan fingerprint density at radius 2 is 0.730 bits per heavy atom. The highest BCUT2D eigenvalue weighted by Crippen LogP contribution is 2.41. The van der Waals surface area contributed by atoms with Gasteiger partial charge in [-0.05, 0) is 118 Å². The fourth-order valence-electron chi connectivity index (χ4n) is 9.14. The number of nitrogens with zero attached hydrogens (tertiary/aromatic N) is 2. The maximum Gasteiger partial charge on any atom is 0.160 e. The SMILES string of the molecule is c1ccc(-c2nc(-c3cccc(-c4ccc5sc6ccccc6c5c4)c3)cc(-c3cc(-c4ccc5oc6ccccc6c5c4)cc(-c4ccc5oc6ccccc6c5c4)c3)n2)cc1. The number of benzene rings is 9. The van der Waals surface area contributed by atoms with Gasteiger partial charge in [0.15, 0.2) is 5.82 Å². The van der Waals surface area contributed by atoms with Crippen LogP contribution in [0.2, 0.25) is 0 Å². The van der Waals surface area contributed by atoms with Crippen LogP contribution in [-0.2, 0) is 0 Å². The molecule has 0 aliphatic carbocycles. The summed E-state index contributed by atoms with van der Waals surface area (Å²) in [5.41, 5.74) is 14.8. The van der Waals surface area contributed by atoms with Crippen molar-refractivity contribution in [2.45, 2.75) is 0 Å². The standard InChI is InChI=1S/C58H34N2O2S/c1-2-11-35(12-3-1)58-59-50(40-14-10-13-36(27-40)37-23-26-57-49(33-37)46-17-6-9-20-56(46)63-57)34-51(60-58)43-29-41(38-21-24-54-47(31-38)44-15-4-7-18-52(44)61-54)28-42(30-43)39-22-25-55-48(32-39)45-16-5-8-19-53(45)62-55/h1-34H. The highest BCUT2D eigenvalue weighted by atomic mass is 32.1. The van der Waals surface area contributed by atoms with Gasteiger partial charge in [0.25, 0.3) is 0 Å². The zero-order chi connectivity index (χ0) is 41.4. The van der Waals surface area contributed by atoms with E-state index in [1.165, 1.54) is 25.7 Å². The van der Waals surface area contributed by atoms with Crippen molar-refractivity contribution in [1.29, 1.82) is 0 Å². The zero-order valence-corrected chi connectivity index (χ0v) is 34.6. The van der Waals surface area contributed by atoms with Crippen LogP contribution >= 0.6 is 11.3 Å². The summed E-state index contributed by atoms with van der Waals surface area (Å²) < 4.78 is 15.1. The first-order valence-corrected chi connectivity index (χ1v) is 21.9. The lowest BCUT2D eigenvalue weighted by Gasteiger charge is -2.14. The third-order valence-electron chi connectivity index (χ3n) is 12.3. The van der Waals surface area contributed by atoms with Crippen molar-refractivity contribution in [3.8, 4) is 67.3 Å². The van der Waals surface area contributed by atoms with Gasteiger partial charge in [-0.3, -0.25) is 0 Å². The molecule has 0 saturated heterocycles. The van der Waals surface area contributed by atoms with Crippen LogP contribution in [0, 0.1) is 0 Å². The van der Waals surface area contributed by atoms with Crippen molar-refractivity contribution in [2.75, 3.05) is 0 Å². The molecule has 0 bridgehead atoms. The predicted octanol–water partition coefficient (Wildman–Crippen LogP) is 16.6. The Morgan fingerprint density at radius 1 is 0.270 bits per heavy atom. The first-order valence-electron chi connectivity index (χ1n) is 21.1. The molecule has 0 unspecified atom stereocenters. The smallest absolute Gasteiger partial charge is 0.160 e. The lowest BCUT2D eigenvalue weighted by atomic mass is 9.93. The molecule has 0 radical (unpaired) electrons. The molecule has 63 heavy (non-hydrogen) atoms. The van der Waals surface area contributed by atoms with Crippen molar-refractivity contribution in [1.82, 2.24) is 9.97 Å².